The Morgan fingerprint density at radius 1 is 1.24 bits per heavy atom. The minimum Gasteiger partial charge on any atom is -0.377 e. The van der Waals surface area contributed by atoms with Crippen LogP contribution in [0.25, 0.3) is 0 Å². The van der Waals surface area contributed by atoms with Crippen LogP contribution in [0, 0.1) is 0 Å². The summed E-state index contributed by atoms with van der Waals surface area (Å²) in [6, 6.07) is 0.597. The Bertz CT molecular complexity index is 219. The first-order valence-corrected chi connectivity index (χ1v) is 6.91. The maximum absolute atomic E-state index is 5.59. The number of nitrogens with zero attached hydrogens (tertiary/aromatic N) is 1. The lowest BCUT2D eigenvalue weighted by atomic mass is 10.1. The average molecular weight is 242 g/mol. The fraction of sp³-hybridized carbons (Fsp3) is 1.00. The van der Waals surface area contributed by atoms with Crippen LogP contribution in [0.4, 0.5) is 0 Å². The molecule has 0 radical (unpaired) electrons. The molecule has 100 valence electrons. The third-order valence-electron chi connectivity index (χ3n) is 3.94. The number of hydrogen-bond donors (Lipinski definition) is 1. The van der Waals surface area contributed by atoms with Crippen LogP contribution >= 0.6 is 0 Å². The van der Waals surface area contributed by atoms with Gasteiger partial charge in [0.1, 0.15) is 0 Å². The number of hydrogen-bond acceptors (Lipinski definition) is 4. The zero-order valence-electron chi connectivity index (χ0n) is 11.2. The summed E-state index contributed by atoms with van der Waals surface area (Å²) in [5.74, 6) is 0. The minimum atomic E-state index is 0.387. The molecule has 2 fully saturated rings. The molecule has 3 unspecified atom stereocenters. The lowest BCUT2D eigenvalue weighted by Gasteiger charge is -2.26. The smallest absolute Gasteiger partial charge is 0.0702 e. The molecule has 0 spiro atoms. The van der Waals surface area contributed by atoms with Gasteiger partial charge in [-0.15, -0.1) is 0 Å². The molecule has 2 aliphatic rings. The first kappa shape index (κ1) is 13.3. The van der Waals surface area contributed by atoms with Crippen molar-refractivity contribution >= 4 is 0 Å². The molecule has 2 rings (SSSR count). The van der Waals surface area contributed by atoms with Gasteiger partial charge in [0.05, 0.1) is 12.2 Å². The first-order valence-electron chi connectivity index (χ1n) is 6.91. The molecule has 0 amide bonds. The van der Waals surface area contributed by atoms with Crippen LogP contribution in [0.5, 0.6) is 0 Å². The van der Waals surface area contributed by atoms with Gasteiger partial charge in [0, 0.05) is 38.9 Å². The van der Waals surface area contributed by atoms with Crippen molar-refractivity contribution in [1.29, 1.82) is 0 Å². The van der Waals surface area contributed by atoms with Gasteiger partial charge in [0.2, 0.25) is 0 Å². The Morgan fingerprint density at radius 3 is 2.76 bits per heavy atom. The minimum absolute atomic E-state index is 0.387. The van der Waals surface area contributed by atoms with E-state index in [1.165, 1.54) is 19.3 Å². The van der Waals surface area contributed by atoms with Crippen molar-refractivity contribution < 1.29 is 9.47 Å². The lowest BCUT2D eigenvalue weighted by molar-refractivity contribution is 0.0825. The molecule has 17 heavy (non-hydrogen) atoms. The highest BCUT2D eigenvalue weighted by Gasteiger charge is 2.27. The van der Waals surface area contributed by atoms with Gasteiger partial charge in [-0.1, -0.05) is 0 Å². The van der Waals surface area contributed by atoms with Gasteiger partial charge in [-0.05, 0) is 33.2 Å². The summed E-state index contributed by atoms with van der Waals surface area (Å²) in [5.41, 5.74) is 0. The van der Waals surface area contributed by atoms with Gasteiger partial charge in [-0.25, -0.2) is 0 Å². The Hall–Kier alpha value is -0.160. The van der Waals surface area contributed by atoms with Crippen molar-refractivity contribution in [3.05, 3.63) is 0 Å². The monoisotopic (exact) mass is 242 g/mol. The molecule has 2 saturated heterocycles. The van der Waals surface area contributed by atoms with E-state index < -0.39 is 0 Å². The largest absolute Gasteiger partial charge is 0.377 e. The third kappa shape index (κ3) is 3.91. The molecule has 0 saturated carbocycles. The summed E-state index contributed by atoms with van der Waals surface area (Å²) in [6.45, 7) is 7.17. The average Bonchev–Trinajstić information content (AvgIpc) is 2.95. The van der Waals surface area contributed by atoms with Crippen LogP contribution < -0.4 is 5.32 Å². The van der Waals surface area contributed by atoms with Crippen LogP contribution in [-0.4, -0.2) is 63.0 Å². The zero-order valence-corrected chi connectivity index (χ0v) is 11.2. The second-order valence-electron chi connectivity index (χ2n) is 5.25. The standard InChI is InChI=1S/C13H26N2O2/c1-11-13(5-9-16-11)15(2)7-6-14-10-12-4-3-8-17-12/h11-14H,3-10H2,1-2H3. The van der Waals surface area contributed by atoms with E-state index in [1.807, 2.05) is 0 Å². The molecule has 0 aromatic heterocycles. The molecule has 3 atom stereocenters. The Kier molecular flexibility index (Phi) is 5.22. The quantitative estimate of drug-likeness (QED) is 0.701. The van der Waals surface area contributed by atoms with E-state index in [9.17, 15) is 0 Å². The van der Waals surface area contributed by atoms with Crippen molar-refractivity contribution in [2.45, 2.75) is 44.4 Å². The lowest BCUT2D eigenvalue weighted by Crippen LogP contribution is -2.41. The summed E-state index contributed by atoms with van der Waals surface area (Å²) < 4.78 is 11.2. The number of nitrogens with one attached hydrogen (secondary N) is 1. The first-order chi connectivity index (χ1) is 8.27. The fourth-order valence-corrected chi connectivity index (χ4v) is 2.79. The van der Waals surface area contributed by atoms with Crippen LogP contribution in [0.15, 0.2) is 0 Å². The highest BCUT2D eigenvalue weighted by molar-refractivity contribution is 4.80. The van der Waals surface area contributed by atoms with E-state index >= 15 is 0 Å². The van der Waals surface area contributed by atoms with Crippen molar-refractivity contribution in [3.63, 3.8) is 0 Å². The maximum atomic E-state index is 5.59. The molecular weight excluding hydrogens is 216 g/mol. The van der Waals surface area contributed by atoms with Crippen molar-refractivity contribution in [2.75, 3.05) is 39.9 Å². The van der Waals surface area contributed by atoms with Gasteiger partial charge in [0.25, 0.3) is 0 Å². The molecule has 4 heteroatoms. The molecule has 0 aromatic rings. The van der Waals surface area contributed by atoms with E-state index in [2.05, 4.69) is 24.2 Å². The van der Waals surface area contributed by atoms with Crippen LogP contribution in [0.2, 0.25) is 0 Å². The summed E-state index contributed by atoms with van der Waals surface area (Å²) in [5, 5.41) is 3.49. The Labute approximate surface area is 105 Å². The summed E-state index contributed by atoms with van der Waals surface area (Å²) in [7, 11) is 2.20. The zero-order chi connectivity index (χ0) is 12.1. The van der Waals surface area contributed by atoms with Crippen LogP contribution in [-0.2, 0) is 9.47 Å². The van der Waals surface area contributed by atoms with E-state index in [0.29, 0.717) is 18.2 Å². The van der Waals surface area contributed by atoms with Crippen molar-refractivity contribution in [1.82, 2.24) is 10.2 Å². The van der Waals surface area contributed by atoms with E-state index in [0.717, 1.165) is 32.8 Å². The molecule has 0 aromatic carbocycles. The molecule has 1 N–H and O–H groups in total. The van der Waals surface area contributed by atoms with Crippen LogP contribution in [0.1, 0.15) is 26.2 Å². The second kappa shape index (κ2) is 6.69. The Morgan fingerprint density at radius 2 is 2.12 bits per heavy atom. The molecule has 2 aliphatic heterocycles. The van der Waals surface area contributed by atoms with E-state index in [-0.39, 0.29) is 0 Å². The number of rotatable bonds is 6. The molecular formula is C13H26N2O2. The summed E-state index contributed by atoms with van der Waals surface area (Å²) >= 11 is 0. The Balaban J connectivity index is 1.54. The number of ether oxygens (including phenoxy) is 2. The van der Waals surface area contributed by atoms with Crippen molar-refractivity contribution in [3.8, 4) is 0 Å². The molecule has 4 nitrogen and oxygen atoms in total. The summed E-state index contributed by atoms with van der Waals surface area (Å²) in [4.78, 5) is 2.42. The number of likely N-dealkylation sites (N-methyl/N-ethyl adjacent to an activating group) is 1. The molecule has 0 aliphatic carbocycles. The van der Waals surface area contributed by atoms with Gasteiger partial charge in [-0.2, -0.15) is 0 Å². The van der Waals surface area contributed by atoms with Gasteiger partial charge in [0.15, 0.2) is 0 Å². The van der Waals surface area contributed by atoms with Crippen LogP contribution in [0.3, 0.4) is 0 Å². The maximum Gasteiger partial charge on any atom is 0.0702 e. The molecule has 0 bridgehead atoms. The topological polar surface area (TPSA) is 33.7 Å². The SMILES string of the molecule is CC1OCCC1N(C)CCNCC1CCCO1. The highest BCUT2D eigenvalue weighted by atomic mass is 16.5. The molecule has 2 heterocycles. The van der Waals surface area contributed by atoms with Gasteiger partial charge >= 0.3 is 0 Å². The third-order valence-corrected chi connectivity index (χ3v) is 3.94. The second-order valence-corrected chi connectivity index (χ2v) is 5.25. The van der Waals surface area contributed by atoms with Crippen molar-refractivity contribution in [2.24, 2.45) is 0 Å². The predicted octanol–water partition coefficient (Wildman–Crippen LogP) is 0.864. The highest BCUT2D eigenvalue weighted by Crippen LogP contribution is 2.17. The van der Waals surface area contributed by atoms with E-state index in [1.54, 1.807) is 0 Å². The van der Waals surface area contributed by atoms with E-state index in [4.69, 9.17) is 9.47 Å². The van der Waals surface area contributed by atoms with Gasteiger partial charge < -0.3 is 14.8 Å². The predicted molar refractivity (Wildman–Crippen MR) is 68.3 cm³/mol. The summed E-state index contributed by atoms with van der Waals surface area (Å²) in [6.07, 6.45) is 4.45. The normalized spacial score (nSPS) is 33.7. The van der Waals surface area contributed by atoms with Gasteiger partial charge in [-0.3, -0.25) is 4.90 Å². The fourth-order valence-electron chi connectivity index (χ4n) is 2.79.